The molecule has 0 bridgehead atoms. The van der Waals surface area contributed by atoms with Crippen molar-refractivity contribution in [1.82, 2.24) is 10.6 Å². The highest BCUT2D eigenvalue weighted by molar-refractivity contribution is 5.85. The van der Waals surface area contributed by atoms with Gasteiger partial charge in [-0.15, -0.1) is 12.4 Å². The van der Waals surface area contributed by atoms with Gasteiger partial charge in [-0.05, 0) is 18.3 Å². The lowest BCUT2D eigenvalue weighted by atomic mass is 9.80. The first-order valence-corrected chi connectivity index (χ1v) is 6.70. The molecule has 2 N–H and O–H groups in total. The summed E-state index contributed by atoms with van der Waals surface area (Å²) in [6.45, 7) is 4.90. The van der Waals surface area contributed by atoms with E-state index >= 15 is 0 Å². The maximum absolute atomic E-state index is 11.5. The Morgan fingerprint density at radius 2 is 2.06 bits per heavy atom. The molecule has 5 heteroatoms. The van der Waals surface area contributed by atoms with Gasteiger partial charge in [0.05, 0.1) is 13.2 Å². The average Bonchev–Trinajstić information content (AvgIpc) is 2.34. The zero-order valence-electron chi connectivity index (χ0n) is 11.5. The lowest BCUT2D eigenvalue weighted by Crippen LogP contribution is -2.39. The van der Waals surface area contributed by atoms with Crippen molar-refractivity contribution in [2.75, 3.05) is 33.4 Å². The molecule has 1 rings (SSSR count). The first kappa shape index (κ1) is 17.7. The quantitative estimate of drug-likeness (QED) is 0.696. The predicted octanol–water partition coefficient (Wildman–Crippen LogP) is 1.59. The SMILES string of the molecule is COCCNCC(=O)NCC1CCCCC1C.Cl. The molecule has 1 amide bonds. The molecule has 0 aliphatic heterocycles. The van der Waals surface area contributed by atoms with Crippen LogP contribution in [0.5, 0.6) is 0 Å². The monoisotopic (exact) mass is 278 g/mol. The third-order valence-corrected chi connectivity index (χ3v) is 3.62. The van der Waals surface area contributed by atoms with Crippen LogP contribution in [0.15, 0.2) is 0 Å². The smallest absolute Gasteiger partial charge is 0.233 e. The van der Waals surface area contributed by atoms with E-state index in [9.17, 15) is 4.79 Å². The summed E-state index contributed by atoms with van der Waals surface area (Å²) >= 11 is 0. The fourth-order valence-corrected chi connectivity index (χ4v) is 2.38. The van der Waals surface area contributed by atoms with Crippen LogP contribution < -0.4 is 10.6 Å². The van der Waals surface area contributed by atoms with Gasteiger partial charge in [0.15, 0.2) is 0 Å². The largest absolute Gasteiger partial charge is 0.383 e. The molecule has 108 valence electrons. The number of nitrogens with one attached hydrogen (secondary N) is 2. The molecule has 2 unspecified atom stereocenters. The highest BCUT2D eigenvalue weighted by Gasteiger charge is 2.21. The lowest BCUT2D eigenvalue weighted by Gasteiger charge is -2.28. The molecule has 0 radical (unpaired) electrons. The Kier molecular flexibility index (Phi) is 10.4. The second kappa shape index (κ2) is 10.6. The summed E-state index contributed by atoms with van der Waals surface area (Å²) in [5.41, 5.74) is 0. The summed E-state index contributed by atoms with van der Waals surface area (Å²) in [5.74, 6) is 1.52. The zero-order valence-corrected chi connectivity index (χ0v) is 12.4. The molecule has 0 heterocycles. The third-order valence-electron chi connectivity index (χ3n) is 3.62. The molecule has 0 saturated heterocycles. The lowest BCUT2D eigenvalue weighted by molar-refractivity contribution is -0.120. The number of ether oxygens (including phenoxy) is 1. The van der Waals surface area contributed by atoms with E-state index in [-0.39, 0.29) is 18.3 Å². The van der Waals surface area contributed by atoms with E-state index in [1.165, 1.54) is 25.7 Å². The van der Waals surface area contributed by atoms with Crippen molar-refractivity contribution >= 4 is 18.3 Å². The van der Waals surface area contributed by atoms with Gasteiger partial charge in [-0.25, -0.2) is 0 Å². The van der Waals surface area contributed by atoms with Gasteiger partial charge < -0.3 is 15.4 Å². The molecule has 18 heavy (non-hydrogen) atoms. The minimum atomic E-state index is 0. The molecule has 1 saturated carbocycles. The van der Waals surface area contributed by atoms with Crippen LogP contribution in [-0.2, 0) is 9.53 Å². The van der Waals surface area contributed by atoms with E-state index in [0.717, 1.165) is 19.0 Å². The Bertz CT molecular complexity index is 227. The average molecular weight is 279 g/mol. The minimum absolute atomic E-state index is 0. The fourth-order valence-electron chi connectivity index (χ4n) is 2.38. The third kappa shape index (κ3) is 7.19. The Morgan fingerprint density at radius 1 is 1.33 bits per heavy atom. The summed E-state index contributed by atoms with van der Waals surface area (Å²) in [5, 5.41) is 6.07. The maximum atomic E-state index is 11.5. The van der Waals surface area contributed by atoms with Crippen LogP contribution in [0, 0.1) is 11.8 Å². The Hall–Kier alpha value is -0.320. The molecular weight excluding hydrogens is 252 g/mol. The topological polar surface area (TPSA) is 50.4 Å². The van der Waals surface area contributed by atoms with Crippen LogP contribution in [0.4, 0.5) is 0 Å². The van der Waals surface area contributed by atoms with Crippen molar-refractivity contribution in [2.45, 2.75) is 32.6 Å². The van der Waals surface area contributed by atoms with E-state index in [1.807, 2.05) is 0 Å². The number of hydrogen-bond acceptors (Lipinski definition) is 3. The van der Waals surface area contributed by atoms with Crippen LogP contribution in [0.25, 0.3) is 0 Å². The summed E-state index contributed by atoms with van der Waals surface area (Å²) in [4.78, 5) is 11.5. The molecule has 0 spiro atoms. The van der Waals surface area contributed by atoms with Crippen molar-refractivity contribution in [3.05, 3.63) is 0 Å². The fraction of sp³-hybridized carbons (Fsp3) is 0.923. The van der Waals surface area contributed by atoms with Crippen molar-refractivity contribution in [2.24, 2.45) is 11.8 Å². The van der Waals surface area contributed by atoms with Gasteiger partial charge in [0, 0.05) is 20.2 Å². The van der Waals surface area contributed by atoms with E-state index < -0.39 is 0 Å². The molecular formula is C13H27ClN2O2. The Morgan fingerprint density at radius 3 is 2.72 bits per heavy atom. The number of carbonyl (C=O) groups excluding carboxylic acids is 1. The van der Waals surface area contributed by atoms with Gasteiger partial charge in [0.2, 0.25) is 5.91 Å². The Balaban J connectivity index is 0.00000289. The number of methoxy groups -OCH3 is 1. The van der Waals surface area contributed by atoms with Gasteiger partial charge in [0.1, 0.15) is 0 Å². The normalized spacial score (nSPS) is 23.2. The first-order valence-electron chi connectivity index (χ1n) is 6.70. The van der Waals surface area contributed by atoms with Crippen LogP contribution in [0.1, 0.15) is 32.6 Å². The van der Waals surface area contributed by atoms with Gasteiger partial charge in [-0.2, -0.15) is 0 Å². The summed E-state index contributed by atoms with van der Waals surface area (Å²) in [7, 11) is 1.66. The number of carbonyl (C=O) groups is 1. The van der Waals surface area contributed by atoms with Gasteiger partial charge in [0.25, 0.3) is 0 Å². The van der Waals surface area contributed by atoms with E-state index in [2.05, 4.69) is 17.6 Å². The van der Waals surface area contributed by atoms with E-state index in [0.29, 0.717) is 19.1 Å². The highest BCUT2D eigenvalue weighted by Crippen LogP contribution is 2.28. The molecule has 1 aliphatic carbocycles. The summed E-state index contributed by atoms with van der Waals surface area (Å²) in [6.07, 6.45) is 5.24. The number of rotatable bonds is 7. The van der Waals surface area contributed by atoms with Crippen LogP contribution in [0.3, 0.4) is 0 Å². The second-order valence-corrected chi connectivity index (χ2v) is 5.00. The molecule has 0 aromatic heterocycles. The van der Waals surface area contributed by atoms with Gasteiger partial charge in [-0.3, -0.25) is 4.79 Å². The van der Waals surface area contributed by atoms with Crippen LogP contribution in [-0.4, -0.2) is 39.3 Å². The van der Waals surface area contributed by atoms with Crippen molar-refractivity contribution < 1.29 is 9.53 Å². The zero-order chi connectivity index (χ0) is 12.5. The van der Waals surface area contributed by atoms with Crippen LogP contribution in [0.2, 0.25) is 0 Å². The Labute approximate surface area is 117 Å². The first-order chi connectivity index (χ1) is 8.24. The molecule has 0 aromatic rings. The standard InChI is InChI=1S/C13H26N2O2.ClH/c1-11-5-3-4-6-12(11)9-15-13(16)10-14-7-8-17-2;/h11-12,14H,3-10H2,1-2H3,(H,15,16);1H. The van der Waals surface area contributed by atoms with Gasteiger partial charge >= 0.3 is 0 Å². The van der Waals surface area contributed by atoms with Crippen LogP contribution >= 0.6 is 12.4 Å². The van der Waals surface area contributed by atoms with Crippen molar-refractivity contribution in [3.8, 4) is 0 Å². The summed E-state index contributed by atoms with van der Waals surface area (Å²) in [6, 6.07) is 0. The maximum Gasteiger partial charge on any atom is 0.233 e. The molecule has 1 fully saturated rings. The molecule has 2 atom stereocenters. The van der Waals surface area contributed by atoms with Crippen molar-refractivity contribution in [3.63, 3.8) is 0 Å². The predicted molar refractivity (Wildman–Crippen MR) is 76.1 cm³/mol. The number of hydrogen-bond donors (Lipinski definition) is 2. The second-order valence-electron chi connectivity index (χ2n) is 5.00. The number of halogens is 1. The van der Waals surface area contributed by atoms with Crippen molar-refractivity contribution in [1.29, 1.82) is 0 Å². The number of amides is 1. The minimum Gasteiger partial charge on any atom is -0.383 e. The van der Waals surface area contributed by atoms with E-state index in [4.69, 9.17) is 4.74 Å². The van der Waals surface area contributed by atoms with E-state index in [1.54, 1.807) is 7.11 Å². The molecule has 4 nitrogen and oxygen atoms in total. The molecule has 0 aromatic carbocycles. The highest BCUT2D eigenvalue weighted by atomic mass is 35.5. The summed E-state index contributed by atoms with van der Waals surface area (Å²) < 4.78 is 4.90. The molecule has 1 aliphatic rings. The van der Waals surface area contributed by atoms with Gasteiger partial charge in [-0.1, -0.05) is 26.2 Å².